The monoisotopic (exact) mass is 328 g/mol. The van der Waals surface area contributed by atoms with E-state index in [9.17, 15) is 0 Å². The summed E-state index contributed by atoms with van der Waals surface area (Å²) < 4.78 is 0. The number of anilines is 1. The van der Waals surface area contributed by atoms with Gasteiger partial charge in [-0.3, -0.25) is 4.98 Å². The van der Waals surface area contributed by atoms with E-state index in [1.165, 1.54) is 11.8 Å². The third-order valence-corrected chi connectivity index (χ3v) is 4.40. The second kappa shape index (κ2) is 6.37. The second-order valence-corrected chi connectivity index (χ2v) is 6.44. The fourth-order valence-corrected chi connectivity index (χ4v) is 3.16. The minimum atomic E-state index is -0.470. The van der Waals surface area contributed by atoms with Gasteiger partial charge in [0.05, 0.1) is 10.6 Å². The number of hydrogen-bond donors (Lipinski definition) is 1. The lowest BCUT2D eigenvalue weighted by molar-refractivity contribution is 0.721. The molecule has 0 bridgehead atoms. The Morgan fingerprint density at radius 1 is 1.09 bits per heavy atom. The number of nitrogens with two attached hydrogens (primary N) is 1. The van der Waals surface area contributed by atoms with Crippen LogP contribution in [0.4, 0.5) is 5.82 Å². The summed E-state index contributed by atoms with van der Waals surface area (Å²) in [6.45, 7) is 6.04. The minimum absolute atomic E-state index is 0.318. The van der Waals surface area contributed by atoms with Gasteiger partial charge in [0.1, 0.15) is 11.6 Å². The lowest BCUT2D eigenvalue weighted by Crippen LogP contribution is -2.01. The van der Waals surface area contributed by atoms with Crippen LogP contribution >= 0.6 is 11.8 Å². The molecule has 1 aliphatic heterocycles. The standard InChI is InChI=1S/C14H16N8S/c1-7(2)9-5-17-10(14-19-21-22-20-14)4-11(9)23-12-6-16-8(3)18-13(12)15/h4-7,14H,1-3H3,(H2,15,16,18). The molecule has 2 N–H and O–H groups in total. The molecule has 0 aromatic carbocycles. The van der Waals surface area contributed by atoms with Gasteiger partial charge in [0.2, 0.25) is 6.17 Å². The number of hydrogen-bond acceptors (Lipinski definition) is 9. The molecule has 0 unspecified atom stereocenters. The van der Waals surface area contributed by atoms with Gasteiger partial charge in [-0.25, -0.2) is 9.97 Å². The van der Waals surface area contributed by atoms with Crippen LogP contribution in [0, 0.1) is 6.92 Å². The highest BCUT2D eigenvalue weighted by Gasteiger charge is 2.19. The number of rotatable bonds is 4. The van der Waals surface area contributed by atoms with Crippen molar-refractivity contribution in [3.8, 4) is 0 Å². The van der Waals surface area contributed by atoms with Crippen LogP contribution in [-0.2, 0) is 0 Å². The van der Waals surface area contributed by atoms with Crippen LogP contribution < -0.4 is 5.73 Å². The molecular formula is C14H16N8S. The van der Waals surface area contributed by atoms with Crippen LogP contribution in [0.5, 0.6) is 0 Å². The first-order valence-corrected chi connectivity index (χ1v) is 7.93. The molecule has 2 aromatic heterocycles. The highest BCUT2D eigenvalue weighted by Crippen LogP contribution is 2.37. The Bertz CT molecular complexity index is 774. The van der Waals surface area contributed by atoms with E-state index in [0.29, 0.717) is 23.3 Å². The molecule has 1 aliphatic rings. The van der Waals surface area contributed by atoms with Gasteiger partial charge in [-0.1, -0.05) is 25.6 Å². The van der Waals surface area contributed by atoms with Gasteiger partial charge in [-0.05, 0) is 34.9 Å². The number of nitrogen functional groups attached to an aromatic ring is 1. The summed E-state index contributed by atoms with van der Waals surface area (Å²) in [5.74, 6) is 1.44. The molecule has 118 valence electrons. The maximum atomic E-state index is 6.00. The van der Waals surface area contributed by atoms with Gasteiger partial charge >= 0.3 is 0 Å². The summed E-state index contributed by atoms with van der Waals surface area (Å²) in [4.78, 5) is 14.7. The lowest BCUT2D eigenvalue weighted by atomic mass is 10.1. The Balaban J connectivity index is 1.99. The number of aromatic nitrogens is 3. The fraction of sp³-hybridized carbons (Fsp3) is 0.357. The molecule has 0 atom stereocenters. The quantitative estimate of drug-likeness (QED) is 0.915. The van der Waals surface area contributed by atoms with Crippen molar-refractivity contribution < 1.29 is 0 Å². The molecule has 2 aromatic rings. The van der Waals surface area contributed by atoms with Crippen LogP contribution in [0.1, 0.15) is 43.0 Å². The Kier molecular flexibility index (Phi) is 4.28. The van der Waals surface area contributed by atoms with Crippen LogP contribution in [0.25, 0.3) is 0 Å². The molecule has 3 rings (SSSR count). The first kappa shape index (κ1) is 15.5. The van der Waals surface area contributed by atoms with Crippen LogP contribution in [0.15, 0.2) is 48.9 Å². The Morgan fingerprint density at radius 2 is 1.83 bits per heavy atom. The van der Waals surface area contributed by atoms with Crippen molar-refractivity contribution >= 4 is 17.6 Å². The molecule has 0 aliphatic carbocycles. The van der Waals surface area contributed by atoms with Crippen molar-refractivity contribution in [1.29, 1.82) is 0 Å². The first-order valence-electron chi connectivity index (χ1n) is 7.11. The number of aryl methyl sites for hydroxylation is 1. The first-order chi connectivity index (χ1) is 11.0. The summed E-state index contributed by atoms with van der Waals surface area (Å²) in [7, 11) is 0. The fourth-order valence-electron chi connectivity index (χ4n) is 2.08. The summed E-state index contributed by atoms with van der Waals surface area (Å²) in [5, 5.41) is 14.9. The average molecular weight is 328 g/mol. The smallest absolute Gasteiger partial charge is 0.227 e. The zero-order valence-corrected chi connectivity index (χ0v) is 13.8. The van der Waals surface area contributed by atoms with Crippen LogP contribution in [0.3, 0.4) is 0 Å². The lowest BCUT2D eigenvalue weighted by Gasteiger charge is -2.14. The van der Waals surface area contributed by atoms with Gasteiger partial charge in [-0.2, -0.15) is 0 Å². The number of nitrogens with zero attached hydrogens (tertiary/aromatic N) is 7. The molecule has 0 saturated heterocycles. The van der Waals surface area contributed by atoms with Crippen molar-refractivity contribution in [2.24, 2.45) is 20.7 Å². The van der Waals surface area contributed by atoms with E-state index in [-0.39, 0.29) is 0 Å². The van der Waals surface area contributed by atoms with Crippen molar-refractivity contribution in [2.45, 2.75) is 42.6 Å². The molecule has 0 fully saturated rings. The van der Waals surface area contributed by atoms with E-state index >= 15 is 0 Å². The van der Waals surface area contributed by atoms with E-state index in [2.05, 4.69) is 49.5 Å². The molecule has 0 spiro atoms. The Morgan fingerprint density at radius 3 is 2.48 bits per heavy atom. The summed E-state index contributed by atoms with van der Waals surface area (Å²) in [5.41, 5.74) is 7.82. The van der Waals surface area contributed by atoms with Gasteiger partial charge in [-0.15, -0.1) is 10.2 Å². The molecule has 0 radical (unpaired) electrons. The molecule has 8 nitrogen and oxygen atoms in total. The average Bonchev–Trinajstić information content (AvgIpc) is 3.04. The number of pyridine rings is 1. The zero-order valence-electron chi connectivity index (χ0n) is 13.0. The highest BCUT2D eigenvalue weighted by atomic mass is 32.2. The Hall–Kier alpha value is -2.42. The molecule has 23 heavy (non-hydrogen) atoms. The van der Waals surface area contributed by atoms with Crippen molar-refractivity contribution in [3.63, 3.8) is 0 Å². The van der Waals surface area contributed by atoms with Crippen molar-refractivity contribution in [2.75, 3.05) is 5.73 Å². The predicted octanol–water partition coefficient (Wildman–Crippen LogP) is 3.87. The van der Waals surface area contributed by atoms with E-state index in [1.54, 1.807) is 6.20 Å². The molecular weight excluding hydrogens is 312 g/mol. The zero-order chi connectivity index (χ0) is 16.4. The van der Waals surface area contributed by atoms with Crippen molar-refractivity contribution in [3.05, 3.63) is 35.5 Å². The largest absolute Gasteiger partial charge is 0.383 e. The van der Waals surface area contributed by atoms with Gasteiger partial charge in [0.15, 0.2) is 0 Å². The van der Waals surface area contributed by atoms with Crippen LogP contribution in [0.2, 0.25) is 0 Å². The summed E-state index contributed by atoms with van der Waals surface area (Å²) in [6.07, 6.45) is 3.11. The third kappa shape index (κ3) is 3.34. The molecule has 0 saturated carbocycles. The maximum Gasteiger partial charge on any atom is 0.227 e. The third-order valence-electron chi connectivity index (χ3n) is 3.29. The topological polar surface area (TPSA) is 114 Å². The Labute approximate surface area is 137 Å². The second-order valence-electron chi connectivity index (χ2n) is 5.35. The molecule has 0 amide bonds. The van der Waals surface area contributed by atoms with Crippen LogP contribution in [-0.4, -0.2) is 15.0 Å². The maximum absolute atomic E-state index is 6.00. The molecule has 3 heterocycles. The normalized spacial score (nSPS) is 14.1. The minimum Gasteiger partial charge on any atom is -0.383 e. The van der Waals surface area contributed by atoms with Gasteiger partial charge in [0, 0.05) is 17.3 Å². The highest BCUT2D eigenvalue weighted by molar-refractivity contribution is 7.99. The van der Waals surface area contributed by atoms with Gasteiger partial charge < -0.3 is 5.73 Å². The van der Waals surface area contributed by atoms with E-state index in [0.717, 1.165) is 15.4 Å². The van der Waals surface area contributed by atoms with E-state index < -0.39 is 6.17 Å². The predicted molar refractivity (Wildman–Crippen MR) is 86.1 cm³/mol. The van der Waals surface area contributed by atoms with E-state index in [4.69, 9.17) is 5.73 Å². The van der Waals surface area contributed by atoms with E-state index in [1.807, 2.05) is 19.2 Å². The SMILES string of the molecule is Cc1ncc(Sc2cc(C3N=NN=N3)ncc2C(C)C)c(N)n1. The summed E-state index contributed by atoms with van der Waals surface area (Å²) in [6, 6.07) is 1.95. The van der Waals surface area contributed by atoms with Gasteiger partial charge in [0.25, 0.3) is 0 Å². The molecule has 9 heteroatoms. The summed E-state index contributed by atoms with van der Waals surface area (Å²) >= 11 is 1.52. The van der Waals surface area contributed by atoms with Crippen molar-refractivity contribution in [1.82, 2.24) is 15.0 Å².